The van der Waals surface area contributed by atoms with Crippen LogP contribution in [0, 0.1) is 5.82 Å². The van der Waals surface area contributed by atoms with Crippen LogP contribution in [-0.4, -0.2) is 34.7 Å². The summed E-state index contributed by atoms with van der Waals surface area (Å²) >= 11 is 1.49. The van der Waals surface area contributed by atoms with Gasteiger partial charge in [0.2, 0.25) is 5.91 Å². The standard InChI is InChI=1S/C15H13FN2O.C11H22N2OS/c16-13-7-6-11-9-18(10-12(11)8-13)15(19)17-14-4-2-1-3-5-14;1-11(2,13-15-3)10(14)12-9-7-5-4-6-8-9/h1-8H,9-10H2,(H,17,19);9,13H,4-8H2,1-3H3,(H,12,14). The van der Waals surface area contributed by atoms with E-state index in [-0.39, 0.29) is 17.8 Å². The number of para-hydroxylation sites is 1. The first-order chi connectivity index (χ1) is 16.3. The summed E-state index contributed by atoms with van der Waals surface area (Å²) in [7, 11) is 0. The van der Waals surface area contributed by atoms with Crippen molar-refractivity contribution in [2.75, 3.05) is 11.6 Å². The van der Waals surface area contributed by atoms with Crippen LogP contribution in [0.4, 0.5) is 14.9 Å². The van der Waals surface area contributed by atoms with Crippen molar-refractivity contribution in [2.24, 2.45) is 0 Å². The van der Waals surface area contributed by atoms with E-state index in [1.54, 1.807) is 11.0 Å². The van der Waals surface area contributed by atoms with Gasteiger partial charge in [-0.2, -0.15) is 0 Å². The normalized spacial score (nSPS) is 15.7. The number of urea groups is 1. The minimum Gasteiger partial charge on any atom is -0.352 e. The second-order valence-electron chi connectivity index (χ2n) is 9.30. The third-order valence-corrected chi connectivity index (χ3v) is 6.78. The fourth-order valence-electron chi connectivity index (χ4n) is 4.14. The average molecular weight is 487 g/mol. The second-order valence-corrected chi connectivity index (χ2v) is 9.92. The van der Waals surface area contributed by atoms with Crippen LogP contribution in [0.2, 0.25) is 0 Å². The number of hydrogen-bond acceptors (Lipinski definition) is 4. The van der Waals surface area contributed by atoms with E-state index in [1.165, 1.54) is 43.3 Å². The molecule has 0 atom stereocenters. The molecule has 6 nitrogen and oxygen atoms in total. The van der Waals surface area contributed by atoms with Gasteiger partial charge < -0.3 is 15.5 Å². The van der Waals surface area contributed by atoms with Gasteiger partial charge in [-0.15, -0.1) is 0 Å². The van der Waals surface area contributed by atoms with E-state index in [2.05, 4.69) is 15.4 Å². The maximum Gasteiger partial charge on any atom is 0.322 e. The van der Waals surface area contributed by atoms with Crippen molar-refractivity contribution in [1.82, 2.24) is 14.9 Å². The summed E-state index contributed by atoms with van der Waals surface area (Å²) in [4.78, 5) is 25.7. The van der Waals surface area contributed by atoms with Gasteiger partial charge in [0.1, 0.15) is 11.4 Å². The van der Waals surface area contributed by atoms with E-state index in [0.717, 1.165) is 29.7 Å². The SMILES string of the molecule is CSNC(C)(C)C(=O)NC1CCCCC1.O=C(Nc1ccccc1)N1Cc2ccc(F)cc2C1. The summed E-state index contributed by atoms with van der Waals surface area (Å²) in [5, 5.41) is 5.96. The first kappa shape index (κ1) is 26.0. The summed E-state index contributed by atoms with van der Waals surface area (Å²) in [6.07, 6.45) is 8.04. The van der Waals surface area contributed by atoms with Crippen molar-refractivity contribution < 1.29 is 14.0 Å². The molecule has 0 unspecified atom stereocenters. The summed E-state index contributed by atoms with van der Waals surface area (Å²) < 4.78 is 16.2. The van der Waals surface area contributed by atoms with E-state index in [0.29, 0.717) is 19.1 Å². The Morgan fingerprint density at radius 1 is 1.00 bits per heavy atom. The van der Waals surface area contributed by atoms with Crippen molar-refractivity contribution in [3.8, 4) is 0 Å². The summed E-state index contributed by atoms with van der Waals surface area (Å²) in [5.74, 6) is -0.146. The van der Waals surface area contributed by atoms with Gasteiger partial charge in [-0.1, -0.05) is 55.5 Å². The molecule has 184 valence electrons. The molecule has 0 bridgehead atoms. The van der Waals surface area contributed by atoms with Crippen LogP contribution in [-0.2, 0) is 17.9 Å². The van der Waals surface area contributed by atoms with Crippen LogP contribution >= 0.6 is 11.9 Å². The highest BCUT2D eigenvalue weighted by Crippen LogP contribution is 2.24. The van der Waals surface area contributed by atoms with E-state index < -0.39 is 5.54 Å². The van der Waals surface area contributed by atoms with Crippen LogP contribution < -0.4 is 15.4 Å². The maximum atomic E-state index is 13.1. The van der Waals surface area contributed by atoms with Gasteiger partial charge >= 0.3 is 6.03 Å². The molecule has 0 spiro atoms. The molecule has 2 aromatic carbocycles. The molecule has 1 saturated carbocycles. The van der Waals surface area contributed by atoms with E-state index in [4.69, 9.17) is 0 Å². The molecule has 1 aliphatic heterocycles. The van der Waals surface area contributed by atoms with Crippen LogP contribution in [0.25, 0.3) is 0 Å². The highest BCUT2D eigenvalue weighted by atomic mass is 32.2. The third-order valence-electron chi connectivity index (χ3n) is 6.07. The molecule has 0 radical (unpaired) electrons. The molecule has 34 heavy (non-hydrogen) atoms. The number of benzene rings is 2. The van der Waals surface area contributed by atoms with Gasteiger partial charge in [-0.3, -0.25) is 4.79 Å². The van der Waals surface area contributed by atoms with Crippen LogP contribution in [0.15, 0.2) is 48.5 Å². The van der Waals surface area contributed by atoms with Gasteiger partial charge in [-0.25, -0.2) is 13.9 Å². The topological polar surface area (TPSA) is 73.5 Å². The second kappa shape index (κ2) is 12.2. The molecule has 4 rings (SSSR count). The number of carbonyl (C=O) groups excluding carboxylic acids is 2. The number of halogens is 1. The van der Waals surface area contributed by atoms with Gasteiger partial charge in [0.25, 0.3) is 0 Å². The number of amides is 3. The van der Waals surface area contributed by atoms with Crippen LogP contribution in [0.3, 0.4) is 0 Å². The molecule has 3 N–H and O–H groups in total. The average Bonchev–Trinajstić information content (AvgIpc) is 3.24. The first-order valence-corrected chi connectivity index (χ1v) is 13.0. The minimum atomic E-state index is -0.475. The third kappa shape index (κ3) is 7.46. The molecule has 8 heteroatoms. The lowest BCUT2D eigenvalue weighted by Gasteiger charge is -2.29. The Bertz CT molecular complexity index is 965. The lowest BCUT2D eigenvalue weighted by molar-refractivity contribution is -0.126. The first-order valence-electron chi connectivity index (χ1n) is 11.8. The fraction of sp³-hybridized carbons (Fsp3) is 0.462. The zero-order valence-electron chi connectivity index (χ0n) is 20.2. The fourth-order valence-corrected chi connectivity index (χ4v) is 4.75. The number of rotatable bonds is 5. The van der Waals surface area contributed by atoms with E-state index in [9.17, 15) is 14.0 Å². The molecule has 2 aromatic rings. The number of nitrogens with one attached hydrogen (secondary N) is 3. The van der Waals surface area contributed by atoms with Gasteiger partial charge in [0, 0.05) is 24.8 Å². The van der Waals surface area contributed by atoms with Gasteiger partial charge in [0.15, 0.2) is 0 Å². The molecule has 1 aliphatic carbocycles. The monoisotopic (exact) mass is 486 g/mol. The molecule has 3 amide bonds. The summed E-state index contributed by atoms with van der Waals surface area (Å²) in [6.45, 7) is 4.81. The predicted molar refractivity (Wildman–Crippen MR) is 137 cm³/mol. The Kier molecular flexibility index (Phi) is 9.36. The minimum absolute atomic E-state index is 0.115. The predicted octanol–water partition coefficient (Wildman–Crippen LogP) is 5.45. The number of hydrogen-bond donors (Lipinski definition) is 3. The number of carbonyl (C=O) groups is 2. The summed E-state index contributed by atoms with van der Waals surface area (Å²) in [5.41, 5.74) is 2.17. The zero-order chi connectivity index (χ0) is 24.6. The van der Waals surface area contributed by atoms with Crippen LogP contribution in [0.5, 0.6) is 0 Å². The lowest BCUT2D eigenvalue weighted by Crippen LogP contribution is -2.53. The molecule has 1 fully saturated rings. The van der Waals surface area contributed by atoms with E-state index in [1.807, 2.05) is 50.4 Å². The summed E-state index contributed by atoms with van der Waals surface area (Å²) in [6, 6.07) is 14.2. The number of anilines is 1. The largest absolute Gasteiger partial charge is 0.352 e. The zero-order valence-corrected chi connectivity index (χ0v) is 21.0. The maximum absolute atomic E-state index is 13.1. The van der Waals surface area contributed by atoms with Crippen molar-refractivity contribution in [2.45, 2.75) is 70.6 Å². The van der Waals surface area contributed by atoms with Crippen molar-refractivity contribution >= 4 is 29.6 Å². The van der Waals surface area contributed by atoms with E-state index >= 15 is 0 Å². The van der Waals surface area contributed by atoms with Crippen molar-refractivity contribution in [1.29, 1.82) is 0 Å². The molecule has 2 aliphatic rings. The Hall–Kier alpha value is -2.58. The van der Waals surface area contributed by atoms with Gasteiger partial charge in [-0.05, 0) is 68.3 Å². The smallest absolute Gasteiger partial charge is 0.322 e. The molecule has 0 aromatic heterocycles. The quantitative estimate of drug-likeness (QED) is 0.491. The Labute approximate surface area is 206 Å². The molecule has 1 heterocycles. The molecule has 0 saturated heterocycles. The Balaban J connectivity index is 0.000000197. The Morgan fingerprint density at radius 2 is 1.68 bits per heavy atom. The van der Waals surface area contributed by atoms with Crippen LogP contribution in [0.1, 0.15) is 57.1 Å². The lowest BCUT2D eigenvalue weighted by atomic mass is 9.94. The number of nitrogens with zero attached hydrogens (tertiary/aromatic N) is 1. The Morgan fingerprint density at radius 3 is 2.35 bits per heavy atom. The van der Waals surface area contributed by atoms with Crippen molar-refractivity contribution in [3.05, 3.63) is 65.5 Å². The molecular formula is C26H35FN4O2S. The van der Waals surface area contributed by atoms with Crippen molar-refractivity contribution in [3.63, 3.8) is 0 Å². The molecular weight excluding hydrogens is 451 g/mol. The van der Waals surface area contributed by atoms with Gasteiger partial charge in [0.05, 0.1) is 0 Å². The highest BCUT2D eigenvalue weighted by molar-refractivity contribution is 7.96. The highest BCUT2D eigenvalue weighted by Gasteiger charge is 2.29. The number of fused-ring (bicyclic) bond motifs is 1.